The third-order valence-electron chi connectivity index (χ3n) is 3.21. The Labute approximate surface area is 101 Å². The molecule has 4 heteroatoms. The van der Waals surface area contributed by atoms with Crippen LogP contribution in [-0.2, 0) is 6.54 Å². The first kappa shape index (κ1) is 12.0. The van der Waals surface area contributed by atoms with Crippen LogP contribution in [0.15, 0.2) is 29.4 Å². The lowest BCUT2D eigenvalue weighted by Gasteiger charge is -2.31. The van der Waals surface area contributed by atoms with Crippen LogP contribution < -0.4 is 0 Å². The lowest BCUT2D eigenvalue weighted by molar-refractivity contribution is 0.228. The van der Waals surface area contributed by atoms with Gasteiger partial charge >= 0.3 is 0 Å². The van der Waals surface area contributed by atoms with Crippen LogP contribution in [0.1, 0.15) is 18.9 Å². The highest BCUT2D eigenvalue weighted by molar-refractivity contribution is 5.86. The molecule has 1 atom stereocenters. The van der Waals surface area contributed by atoms with Crippen molar-refractivity contribution in [2.45, 2.75) is 19.9 Å². The van der Waals surface area contributed by atoms with Gasteiger partial charge in [-0.15, -0.1) is 0 Å². The quantitative estimate of drug-likeness (QED) is 0.632. The van der Waals surface area contributed by atoms with Gasteiger partial charge in [-0.25, -0.2) is 4.39 Å². The van der Waals surface area contributed by atoms with Crippen LogP contribution in [0.2, 0.25) is 0 Å². The van der Waals surface area contributed by atoms with Crippen molar-refractivity contribution in [1.82, 2.24) is 4.90 Å². The van der Waals surface area contributed by atoms with Gasteiger partial charge in [0.15, 0.2) is 0 Å². The van der Waals surface area contributed by atoms with Gasteiger partial charge in [0, 0.05) is 32.0 Å². The molecule has 1 fully saturated rings. The van der Waals surface area contributed by atoms with Crippen molar-refractivity contribution >= 4 is 5.71 Å². The molecule has 0 aliphatic carbocycles. The Hall–Kier alpha value is -1.42. The monoisotopic (exact) mass is 236 g/mol. The van der Waals surface area contributed by atoms with Crippen molar-refractivity contribution in [2.75, 3.05) is 13.1 Å². The second-order valence-corrected chi connectivity index (χ2v) is 4.61. The molecular formula is C13H17FN2O. The summed E-state index contributed by atoms with van der Waals surface area (Å²) in [5.41, 5.74) is 1.85. The van der Waals surface area contributed by atoms with E-state index >= 15 is 0 Å². The smallest absolute Gasteiger partial charge is 0.123 e. The topological polar surface area (TPSA) is 35.8 Å². The minimum absolute atomic E-state index is 0.190. The number of benzene rings is 1. The first-order valence-electron chi connectivity index (χ1n) is 5.86. The number of piperidine rings is 1. The Balaban J connectivity index is 1.97. The summed E-state index contributed by atoms with van der Waals surface area (Å²) >= 11 is 0. The van der Waals surface area contributed by atoms with Gasteiger partial charge in [-0.3, -0.25) is 4.90 Å². The van der Waals surface area contributed by atoms with Crippen molar-refractivity contribution in [1.29, 1.82) is 0 Å². The minimum atomic E-state index is -0.190. The first-order valence-corrected chi connectivity index (χ1v) is 5.86. The molecule has 1 unspecified atom stereocenters. The fraction of sp³-hybridized carbons (Fsp3) is 0.462. The molecule has 0 bridgehead atoms. The zero-order chi connectivity index (χ0) is 12.3. The van der Waals surface area contributed by atoms with E-state index in [1.54, 1.807) is 12.1 Å². The maximum Gasteiger partial charge on any atom is 0.123 e. The van der Waals surface area contributed by atoms with Crippen molar-refractivity contribution in [3.63, 3.8) is 0 Å². The summed E-state index contributed by atoms with van der Waals surface area (Å²) in [4.78, 5) is 2.26. The van der Waals surface area contributed by atoms with Crippen LogP contribution in [0.25, 0.3) is 0 Å². The summed E-state index contributed by atoms with van der Waals surface area (Å²) in [6.07, 6.45) is 0.785. The maximum atomic E-state index is 13.0. The van der Waals surface area contributed by atoms with Crippen molar-refractivity contribution in [2.24, 2.45) is 11.1 Å². The summed E-state index contributed by atoms with van der Waals surface area (Å²) in [6, 6.07) is 6.70. The van der Waals surface area contributed by atoms with Crippen LogP contribution in [0.3, 0.4) is 0 Å². The van der Waals surface area contributed by atoms with E-state index < -0.39 is 0 Å². The third-order valence-corrected chi connectivity index (χ3v) is 3.21. The van der Waals surface area contributed by atoms with E-state index in [0.29, 0.717) is 0 Å². The average molecular weight is 236 g/mol. The number of likely N-dealkylation sites (tertiary alicyclic amines) is 1. The van der Waals surface area contributed by atoms with Crippen LogP contribution >= 0.6 is 0 Å². The Morgan fingerprint density at radius 3 is 3.00 bits per heavy atom. The van der Waals surface area contributed by atoms with E-state index in [2.05, 4.69) is 10.1 Å². The molecule has 1 saturated heterocycles. The van der Waals surface area contributed by atoms with Gasteiger partial charge in [0.25, 0.3) is 0 Å². The van der Waals surface area contributed by atoms with E-state index in [4.69, 9.17) is 5.21 Å². The van der Waals surface area contributed by atoms with Crippen LogP contribution in [0.4, 0.5) is 4.39 Å². The molecule has 3 nitrogen and oxygen atoms in total. The SMILES string of the molecule is CC1CN(Cc2cccc(F)c2)CC/C1=N\O. The van der Waals surface area contributed by atoms with E-state index in [-0.39, 0.29) is 11.7 Å². The van der Waals surface area contributed by atoms with Crippen molar-refractivity contribution < 1.29 is 9.60 Å². The third kappa shape index (κ3) is 3.03. The molecule has 1 aliphatic rings. The molecule has 0 aromatic heterocycles. The highest BCUT2D eigenvalue weighted by Crippen LogP contribution is 2.16. The number of hydrogen-bond acceptors (Lipinski definition) is 3. The van der Waals surface area contributed by atoms with E-state index in [9.17, 15) is 4.39 Å². The lowest BCUT2D eigenvalue weighted by atomic mass is 9.97. The summed E-state index contributed by atoms with van der Waals surface area (Å²) in [5, 5.41) is 12.1. The highest BCUT2D eigenvalue weighted by atomic mass is 19.1. The molecule has 0 amide bonds. The number of halogens is 1. The molecule has 92 valence electrons. The molecular weight excluding hydrogens is 219 g/mol. The fourth-order valence-corrected chi connectivity index (χ4v) is 2.29. The predicted molar refractivity (Wildman–Crippen MR) is 64.7 cm³/mol. The van der Waals surface area contributed by atoms with Gasteiger partial charge in [-0.1, -0.05) is 24.2 Å². The summed E-state index contributed by atoms with van der Waals surface area (Å²) < 4.78 is 13.0. The maximum absolute atomic E-state index is 13.0. The Morgan fingerprint density at radius 1 is 1.53 bits per heavy atom. The number of rotatable bonds is 2. The Bertz CT molecular complexity index is 420. The van der Waals surface area contributed by atoms with E-state index in [1.807, 2.05) is 13.0 Å². The average Bonchev–Trinajstić information content (AvgIpc) is 2.29. The van der Waals surface area contributed by atoms with Gasteiger partial charge in [0.2, 0.25) is 0 Å². The van der Waals surface area contributed by atoms with E-state index in [1.165, 1.54) is 6.07 Å². The standard InChI is InChI=1S/C13H17FN2O/c1-10-8-16(6-5-13(10)15-17)9-11-3-2-4-12(14)7-11/h2-4,7,10,17H,5-6,8-9H2,1H3/b15-13+. The van der Waals surface area contributed by atoms with Gasteiger partial charge < -0.3 is 5.21 Å². The largest absolute Gasteiger partial charge is 0.411 e. The van der Waals surface area contributed by atoms with Crippen LogP contribution in [0, 0.1) is 11.7 Å². The fourth-order valence-electron chi connectivity index (χ4n) is 2.29. The summed E-state index contributed by atoms with van der Waals surface area (Å²) in [5.74, 6) is 0.0764. The molecule has 17 heavy (non-hydrogen) atoms. The summed E-state index contributed by atoms with van der Waals surface area (Å²) in [6.45, 7) is 4.52. The summed E-state index contributed by atoms with van der Waals surface area (Å²) in [7, 11) is 0. The first-order chi connectivity index (χ1) is 8.19. The Kier molecular flexibility index (Phi) is 3.74. The van der Waals surface area contributed by atoms with Gasteiger partial charge in [-0.05, 0) is 17.7 Å². The normalized spacial score (nSPS) is 24.1. The molecule has 1 heterocycles. The number of oxime groups is 1. The number of hydrogen-bond donors (Lipinski definition) is 1. The molecule has 2 rings (SSSR count). The number of nitrogens with zero attached hydrogens (tertiary/aromatic N) is 2. The van der Waals surface area contributed by atoms with E-state index in [0.717, 1.165) is 37.3 Å². The molecule has 1 aromatic rings. The highest BCUT2D eigenvalue weighted by Gasteiger charge is 2.22. The van der Waals surface area contributed by atoms with Gasteiger partial charge in [0.1, 0.15) is 5.82 Å². The second kappa shape index (κ2) is 5.27. The predicted octanol–water partition coefficient (Wildman–Crippen LogP) is 2.50. The van der Waals surface area contributed by atoms with Gasteiger partial charge in [-0.2, -0.15) is 0 Å². The van der Waals surface area contributed by atoms with Crippen molar-refractivity contribution in [3.8, 4) is 0 Å². The van der Waals surface area contributed by atoms with Crippen LogP contribution in [0.5, 0.6) is 0 Å². The Morgan fingerprint density at radius 2 is 2.35 bits per heavy atom. The molecule has 1 aliphatic heterocycles. The van der Waals surface area contributed by atoms with Gasteiger partial charge in [0.05, 0.1) is 5.71 Å². The van der Waals surface area contributed by atoms with Crippen LogP contribution in [-0.4, -0.2) is 28.9 Å². The zero-order valence-corrected chi connectivity index (χ0v) is 9.93. The molecule has 1 aromatic carbocycles. The molecule has 0 spiro atoms. The molecule has 0 radical (unpaired) electrons. The zero-order valence-electron chi connectivity index (χ0n) is 9.93. The molecule has 0 saturated carbocycles. The molecule has 1 N–H and O–H groups in total. The minimum Gasteiger partial charge on any atom is -0.411 e. The van der Waals surface area contributed by atoms with Crippen molar-refractivity contribution in [3.05, 3.63) is 35.6 Å². The second-order valence-electron chi connectivity index (χ2n) is 4.61. The lowest BCUT2D eigenvalue weighted by Crippen LogP contribution is -2.39.